The third kappa shape index (κ3) is 2.58. The van der Waals surface area contributed by atoms with Crippen LogP contribution in [0.4, 0.5) is 0 Å². The molecule has 0 bridgehead atoms. The molecule has 0 spiro atoms. The summed E-state index contributed by atoms with van der Waals surface area (Å²) in [5.74, 6) is 0. The van der Waals surface area contributed by atoms with Crippen LogP contribution in [0.2, 0.25) is 0 Å². The lowest BCUT2D eigenvalue weighted by molar-refractivity contribution is -0.00411. The van der Waals surface area contributed by atoms with E-state index in [1.54, 1.807) is 18.0 Å². The summed E-state index contributed by atoms with van der Waals surface area (Å²) in [6.45, 7) is 6.37. The average Bonchev–Trinajstić information content (AvgIpc) is 2.49. The molecule has 86 valence electrons. The molecule has 0 saturated carbocycles. The Labute approximate surface area is 91.4 Å². The SMILES string of the molecule is COC(C(N)c1ccnn1C)C(C)(C)C. The van der Waals surface area contributed by atoms with Crippen molar-refractivity contribution >= 4 is 0 Å². The molecular formula is C11H21N3O. The summed E-state index contributed by atoms with van der Waals surface area (Å²) in [5, 5.41) is 4.12. The summed E-state index contributed by atoms with van der Waals surface area (Å²) in [4.78, 5) is 0. The average molecular weight is 211 g/mol. The van der Waals surface area contributed by atoms with E-state index in [-0.39, 0.29) is 17.6 Å². The van der Waals surface area contributed by atoms with Gasteiger partial charge in [-0.3, -0.25) is 4.68 Å². The smallest absolute Gasteiger partial charge is 0.0827 e. The predicted octanol–water partition coefficient (Wildman–Crippen LogP) is 1.48. The molecule has 2 unspecified atom stereocenters. The van der Waals surface area contributed by atoms with Crippen LogP contribution in [-0.4, -0.2) is 23.0 Å². The van der Waals surface area contributed by atoms with E-state index in [1.807, 2.05) is 13.1 Å². The maximum Gasteiger partial charge on any atom is 0.0827 e. The molecule has 0 aliphatic carbocycles. The van der Waals surface area contributed by atoms with Gasteiger partial charge in [-0.05, 0) is 11.5 Å². The number of aromatic nitrogens is 2. The summed E-state index contributed by atoms with van der Waals surface area (Å²) in [7, 11) is 3.59. The number of hydrogen-bond acceptors (Lipinski definition) is 3. The maximum atomic E-state index is 6.20. The minimum atomic E-state index is -0.150. The van der Waals surface area contributed by atoms with E-state index in [0.29, 0.717) is 0 Å². The number of methoxy groups -OCH3 is 1. The van der Waals surface area contributed by atoms with Crippen molar-refractivity contribution in [1.82, 2.24) is 9.78 Å². The quantitative estimate of drug-likeness (QED) is 0.824. The van der Waals surface area contributed by atoms with Crippen LogP contribution >= 0.6 is 0 Å². The Morgan fingerprint density at radius 3 is 2.40 bits per heavy atom. The van der Waals surface area contributed by atoms with Gasteiger partial charge in [0.2, 0.25) is 0 Å². The number of hydrogen-bond donors (Lipinski definition) is 1. The minimum Gasteiger partial charge on any atom is -0.379 e. The number of ether oxygens (including phenoxy) is 1. The van der Waals surface area contributed by atoms with E-state index in [9.17, 15) is 0 Å². The molecular weight excluding hydrogens is 190 g/mol. The molecule has 4 heteroatoms. The molecule has 0 aliphatic heterocycles. The minimum absolute atomic E-state index is 0.0123. The molecule has 0 aliphatic rings. The highest BCUT2D eigenvalue weighted by molar-refractivity contribution is 5.09. The summed E-state index contributed by atoms with van der Waals surface area (Å²) >= 11 is 0. The molecule has 1 heterocycles. The molecule has 2 N–H and O–H groups in total. The van der Waals surface area contributed by atoms with Gasteiger partial charge < -0.3 is 10.5 Å². The second-order valence-corrected chi connectivity index (χ2v) is 4.93. The van der Waals surface area contributed by atoms with E-state index >= 15 is 0 Å². The Morgan fingerprint density at radius 2 is 2.07 bits per heavy atom. The lowest BCUT2D eigenvalue weighted by Crippen LogP contribution is -2.39. The van der Waals surface area contributed by atoms with Crippen molar-refractivity contribution < 1.29 is 4.74 Å². The van der Waals surface area contributed by atoms with Crippen molar-refractivity contribution in [1.29, 1.82) is 0 Å². The number of nitrogens with zero attached hydrogens (tertiary/aromatic N) is 2. The lowest BCUT2D eigenvalue weighted by atomic mass is 9.83. The van der Waals surface area contributed by atoms with Crippen LogP contribution in [0, 0.1) is 5.41 Å². The molecule has 15 heavy (non-hydrogen) atoms. The second kappa shape index (κ2) is 4.33. The number of aryl methyl sites for hydroxylation is 1. The molecule has 1 aromatic heterocycles. The highest BCUT2D eigenvalue weighted by Crippen LogP contribution is 2.30. The second-order valence-electron chi connectivity index (χ2n) is 4.93. The number of nitrogens with two attached hydrogens (primary N) is 1. The van der Waals surface area contributed by atoms with Gasteiger partial charge in [-0.25, -0.2) is 0 Å². The van der Waals surface area contributed by atoms with Crippen molar-refractivity contribution in [2.24, 2.45) is 18.2 Å². The van der Waals surface area contributed by atoms with Crippen LogP contribution < -0.4 is 5.73 Å². The zero-order chi connectivity index (χ0) is 11.6. The first-order valence-corrected chi connectivity index (χ1v) is 5.14. The molecule has 0 saturated heterocycles. The Hall–Kier alpha value is -0.870. The Balaban J connectivity index is 2.92. The fourth-order valence-electron chi connectivity index (χ4n) is 1.91. The Bertz CT molecular complexity index is 314. The molecule has 1 rings (SSSR count). The van der Waals surface area contributed by atoms with Crippen LogP contribution in [0.25, 0.3) is 0 Å². The van der Waals surface area contributed by atoms with E-state index < -0.39 is 0 Å². The van der Waals surface area contributed by atoms with E-state index in [1.165, 1.54) is 0 Å². The molecule has 0 fully saturated rings. The van der Waals surface area contributed by atoms with Crippen LogP contribution in [0.15, 0.2) is 12.3 Å². The van der Waals surface area contributed by atoms with Crippen molar-refractivity contribution in [3.05, 3.63) is 18.0 Å². The highest BCUT2D eigenvalue weighted by Gasteiger charge is 2.32. The van der Waals surface area contributed by atoms with Gasteiger partial charge in [0, 0.05) is 20.4 Å². The van der Waals surface area contributed by atoms with Gasteiger partial charge in [0.25, 0.3) is 0 Å². The van der Waals surface area contributed by atoms with Crippen molar-refractivity contribution in [2.45, 2.75) is 32.9 Å². The van der Waals surface area contributed by atoms with Crippen LogP contribution in [-0.2, 0) is 11.8 Å². The van der Waals surface area contributed by atoms with Crippen LogP contribution in [0.5, 0.6) is 0 Å². The third-order valence-electron chi connectivity index (χ3n) is 2.63. The topological polar surface area (TPSA) is 53.1 Å². The Morgan fingerprint density at radius 1 is 1.47 bits per heavy atom. The molecule has 2 atom stereocenters. The van der Waals surface area contributed by atoms with Gasteiger partial charge in [0.1, 0.15) is 0 Å². The van der Waals surface area contributed by atoms with Gasteiger partial charge in [-0.15, -0.1) is 0 Å². The summed E-state index contributed by atoms with van der Waals surface area (Å²) in [6.07, 6.45) is 1.73. The maximum absolute atomic E-state index is 6.20. The Kier molecular flexibility index (Phi) is 3.52. The predicted molar refractivity (Wildman–Crippen MR) is 60.4 cm³/mol. The summed E-state index contributed by atoms with van der Waals surface area (Å²) < 4.78 is 7.28. The van der Waals surface area contributed by atoms with Gasteiger partial charge in [-0.1, -0.05) is 20.8 Å². The molecule has 0 amide bonds. The molecule has 1 aromatic rings. The van der Waals surface area contributed by atoms with Crippen molar-refractivity contribution in [3.63, 3.8) is 0 Å². The highest BCUT2D eigenvalue weighted by atomic mass is 16.5. The van der Waals surface area contributed by atoms with Gasteiger partial charge in [0.15, 0.2) is 0 Å². The normalized spacial score (nSPS) is 16.4. The fraction of sp³-hybridized carbons (Fsp3) is 0.727. The molecule has 0 aromatic carbocycles. The van der Waals surface area contributed by atoms with Crippen LogP contribution in [0.1, 0.15) is 32.5 Å². The van der Waals surface area contributed by atoms with Gasteiger partial charge in [0.05, 0.1) is 17.8 Å². The first-order valence-electron chi connectivity index (χ1n) is 5.14. The van der Waals surface area contributed by atoms with E-state index in [2.05, 4.69) is 25.9 Å². The zero-order valence-electron chi connectivity index (χ0n) is 10.2. The summed E-state index contributed by atoms with van der Waals surface area (Å²) in [6, 6.07) is 1.78. The zero-order valence-corrected chi connectivity index (χ0v) is 10.2. The van der Waals surface area contributed by atoms with Crippen molar-refractivity contribution in [3.8, 4) is 0 Å². The standard InChI is InChI=1S/C11H21N3O/c1-11(2,3)10(15-5)9(12)8-6-7-13-14(8)4/h6-7,9-10H,12H2,1-5H3. The van der Waals surface area contributed by atoms with E-state index in [0.717, 1.165) is 5.69 Å². The molecule has 4 nitrogen and oxygen atoms in total. The molecule has 0 radical (unpaired) electrons. The van der Waals surface area contributed by atoms with Gasteiger partial charge in [-0.2, -0.15) is 5.10 Å². The largest absolute Gasteiger partial charge is 0.379 e. The third-order valence-corrected chi connectivity index (χ3v) is 2.63. The van der Waals surface area contributed by atoms with Gasteiger partial charge >= 0.3 is 0 Å². The first kappa shape index (κ1) is 12.2. The summed E-state index contributed by atoms with van der Waals surface area (Å²) in [5.41, 5.74) is 7.20. The van der Waals surface area contributed by atoms with E-state index in [4.69, 9.17) is 10.5 Å². The first-order chi connectivity index (χ1) is 6.88. The fourth-order valence-corrected chi connectivity index (χ4v) is 1.91. The van der Waals surface area contributed by atoms with Crippen molar-refractivity contribution in [2.75, 3.05) is 7.11 Å². The lowest BCUT2D eigenvalue weighted by Gasteiger charge is -2.33. The monoisotopic (exact) mass is 211 g/mol. The van der Waals surface area contributed by atoms with Crippen LogP contribution in [0.3, 0.4) is 0 Å². The number of rotatable bonds is 3.